The normalized spacial score (nSPS) is 25.5. The number of hydrogen-bond donors (Lipinski definition) is 2. The molecule has 0 bridgehead atoms. The van der Waals surface area contributed by atoms with Gasteiger partial charge in [-0.2, -0.15) is 0 Å². The summed E-state index contributed by atoms with van der Waals surface area (Å²) in [7, 11) is 0. The minimum atomic E-state index is -0.319. The molecule has 0 saturated heterocycles. The summed E-state index contributed by atoms with van der Waals surface area (Å²) in [4.78, 5) is 0. The van der Waals surface area contributed by atoms with Gasteiger partial charge in [-0.1, -0.05) is 0 Å². The molecule has 0 heterocycles. The molecule has 0 aliphatic heterocycles. The maximum Gasteiger partial charge on any atom is 0.125 e. The molecule has 1 aliphatic carbocycles. The first-order chi connectivity index (χ1) is 7.16. The molecule has 82 valence electrons. The SMILES string of the molecule is O[C@@H]1CCC[C@H]1Nc1cc(F)ccc1Br. The molecule has 15 heavy (non-hydrogen) atoms. The maximum absolute atomic E-state index is 13.0. The van der Waals surface area contributed by atoms with Crippen molar-refractivity contribution in [3.63, 3.8) is 0 Å². The number of hydrogen-bond acceptors (Lipinski definition) is 2. The molecular formula is C11H13BrFNO. The van der Waals surface area contributed by atoms with Crippen LogP contribution in [-0.2, 0) is 0 Å². The molecule has 2 atom stereocenters. The van der Waals surface area contributed by atoms with Gasteiger partial charge in [-0.25, -0.2) is 4.39 Å². The Hall–Kier alpha value is -0.610. The van der Waals surface area contributed by atoms with E-state index in [0.29, 0.717) is 5.69 Å². The highest BCUT2D eigenvalue weighted by atomic mass is 79.9. The fraction of sp³-hybridized carbons (Fsp3) is 0.455. The minimum Gasteiger partial charge on any atom is -0.391 e. The largest absolute Gasteiger partial charge is 0.391 e. The van der Waals surface area contributed by atoms with Gasteiger partial charge >= 0.3 is 0 Å². The molecule has 1 fully saturated rings. The Labute approximate surface area is 96.6 Å². The third-order valence-corrected chi connectivity index (χ3v) is 3.44. The molecule has 2 N–H and O–H groups in total. The zero-order valence-electron chi connectivity index (χ0n) is 8.21. The highest BCUT2D eigenvalue weighted by Gasteiger charge is 2.25. The van der Waals surface area contributed by atoms with Gasteiger partial charge < -0.3 is 10.4 Å². The molecule has 0 spiro atoms. The number of nitrogens with one attached hydrogen (secondary N) is 1. The maximum atomic E-state index is 13.0. The van der Waals surface area contributed by atoms with Crippen LogP contribution in [0.4, 0.5) is 10.1 Å². The molecular weight excluding hydrogens is 261 g/mol. The van der Waals surface area contributed by atoms with Crippen molar-refractivity contribution in [1.82, 2.24) is 0 Å². The summed E-state index contributed by atoms with van der Waals surface area (Å²) < 4.78 is 13.8. The van der Waals surface area contributed by atoms with Crippen molar-refractivity contribution >= 4 is 21.6 Å². The molecule has 1 aromatic carbocycles. The summed E-state index contributed by atoms with van der Waals surface area (Å²) in [6, 6.07) is 4.55. The number of rotatable bonds is 2. The van der Waals surface area contributed by atoms with E-state index in [4.69, 9.17) is 0 Å². The van der Waals surface area contributed by atoms with Crippen LogP contribution in [0.5, 0.6) is 0 Å². The Morgan fingerprint density at radius 1 is 1.40 bits per heavy atom. The average molecular weight is 274 g/mol. The van der Waals surface area contributed by atoms with E-state index in [-0.39, 0.29) is 18.0 Å². The van der Waals surface area contributed by atoms with Gasteiger partial charge in [-0.15, -0.1) is 0 Å². The monoisotopic (exact) mass is 273 g/mol. The van der Waals surface area contributed by atoms with Crippen LogP contribution in [0.15, 0.2) is 22.7 Å². The smallest absolute Gasteiger partial charge is 0.125 e. The lowest BCUT2D eigenvalue weighted by molar-refractivity contribution is 0.172. The zero-order chi connectivity index (χ0) is 10.8. The predicted octanol–water partition coefficient (Wildman–Crippen LogP) is 2.91. The van der Waals surface area contributed by atoms with Crippen LogP contribution in [0, 0.1) is 5.82 Å². The minimum absolute atomic E-state index is 0.0445. The van der Waals surface area contributed by atoms with Crippen LogP contribution < -0.4 is 5.32 Å². The first kappa shape index (κ1) is 10.9. The second-order valence-electron chi connectivity index (χ2n) is 3.87. The van der Waals surface area contributed by atoms with Crippen LogP contribution in [-0.4, -0.2) is 17.3 Å². The summed E-state index contributed by atoms with van der Waals surface area (Å²) in [5, 5.41) is 12.8. The molecule has 0 unspecified atom stereocenters. The number of aliphatic hydroxyl groups excluding tert-OH is 1. The number of benzene rings is 1. The van der Waals surface area contributed by atoms with Crippen molar-refractivity contribution in [2.75, 3.05) is 5.32 Å². The predicted molar refractivity (Wildman–Crippen MR) is 61.4 cm³/mol. The van der Waals surface area contributed by atoms with Crippen molar-refractivity contribution in [1.29, 1.82) is 0 Å². The van der Waals surface area contributed by atoms with E-state index in [2.05, 4.69) is 21.2 Å². The summed E-state index contributed by atoms with van der Waals surface area (Å²) >= 11 is 3.35. The van der Waals surface area contributed by atoms with E-state index in [1.54, 1.807) is 6.07 Å². The van der Waals surface area contributed by atoms with Gasteiger partial charge in [0, 0.05) is 4.47 Å². The molecule has 0 amide bonds. The molecule has 2 rings (SSSR count). The van der Waals surface area contributed by atoms with Crippen LogP contribution in [0.1, 0.15) is 19.3 Å². The van der Waals surface area contributed by atoms with E-state index in [1.165, 1.54) is 12.1 Å². The molecule has 1 aliphatic rings. The van der Waals surface area contributed by atoms with E-state index >= 15 is 0 Å². The summed E-state index contributed by atoms with van der Waals surface area (Å²) in [6.45, 7) is 0. The Morgan fingerprint density at radius 2 is 2.20 bits per heavy atom. The molecule has 2 nitrogen and oxygen atoms in total. The lowest BCUT2D eigenvalue weighted by Gasteiger charge is -2.18. The van der Waals surface area contributed by atoms with E-state index in [9.17, 15) is 9.50 Å². The summed E-state index contributed by atoms with van der Waals surface area (Å²) in [6.07, 6.45) is 2.46. The zero-order valence-corrected chi connectivity index (χ0v) is 9.80. The summed E-state index contributed by atoms with van der Waals surface area (Å²) in [5.41, 5.74) is 0.709. The Balaban J connectivity index is 2.12. The van der Waals surface area contributed by atoms with E-state index in [1.807, 2.05) is 0 Å². The number of halogens is 2. The summed E-state index contributed by atoms with van der Waals surface area (Å²) in [5.74, 6) is -0.270. The molecule has 0 aromatic heterocycles. The average Bonchev–Trinajstić information content (AvgIpc) is 2.58. The number of aliphatic hydroxyl groups is 1. The van der Waals surface area contributed by atoms with Crippen molar-refractivity contribution in [2.24, 2.45) is 0 Å². The molecule has 4 heteroatoms. The van der Waals surface area contributed by atoms with E-state index in [0.717, 1.165) is 23.7 Å². The van der Waals surface area contributed by atoms with Crippen LogP contribution in [0.3, 0.4) is 0 Å². The third kappa shape index (κ3) is 2.49. The Bertz CT molecular complexity index is 358. The van der Waals surface area contributed by atoms with Gasteiger partial charge in [0.15, 0.2) is 0 Å². The van der Waals surface area contributed by atoms with Gasteiger partial charge in [-0.3, -0.25) is 0 Å². The lowest BCUT2D eigenvalue weighted by Crippen LogP contribution is -2.28. The second kappa shape index (κ2) is 4.49. The van der Waals surface area contributed by atoms with Crippen molar-refractivity contribution in [3.8, 4) is 0 Å². The van der Waals surface area contributed by atoms with Crippen molar-refractivity contribution in [3.05, 3.63) is 28.5 Å². The lowest BCUT2D eigenvalue weighted by atomic mass is 10.2. The van der Waals surface area contributed by atoms with Crippen LogP contribution in [0.2, 0.25) is 0 Å². The van der Waals surface area contributed by atoms with Gasteiger partial charge in [0.2, 0.25) is 0 Å². The molecule has 1 aromatic rings. The van der Waals surface area contributed by atoms with Gasteiger partial charge in [0.1, 0.15) is 5.82 Å². The fourth-order valence-corrected chi connectivity index (χ4v) is 2.28. The van der Waals surface area contributed by atoms with Crippen molar-refractivity contribution in [2.45, 2.75) is 31.4 Å². The molecule has 0 radical (unpaired) electrons. The van der Waals surface area contributed by atoms with Gasteiger partial charge in [0.05, 0.1) is 17.8 Å². The second-order valence-corrected chi connectivity index (χ2v) is 4.73. The van der Waals surface area contributed by atoms with E-state index < -0.39 is 0 Å². The highest BCUT2D eigenvalue weighted by Crippen LogP contribution is 2.28. The van der Waals surface area contributed by atoms with Gasteiger partial charge in [0.25, 0.3) is 0 Å². The topological polar surface area (TPSA) is 32.3 Å². The highest BCUT2D eigenvalue weighted by molar-refractivity contribution is 9.10. The number of anilines is 1. The van der Waals surface area contributed by atoms with Crippen LogP contribution in [0.25, 0.3) is 0 Å². The standard InChI is InChI=1S/C11H13BrFNO/c12-8-5-4-7(13)6-10(8)14-9-2-1-3-11(9)15/h4-6,9,11,14-15H,1-3H2/t9-,11-/m1/s1. The van der Waals surface area contributed by atoms with Crippen molar-refractivity contribution < 1.29 is 9.50 Å². The Kier molecular flexibility index (Phi) is 3.26. The van der Waals surface area contributed by atoms with Gasteiger partial charge in [-0.05, 0) is 53.4 Å². The fourth-order valence-electron chi connectivity index (χ4n) is 1.92. The first-order valence-corrected chi connectivity index (χ1v) is 5.86. The first-order valence-electron chi connectivity index (χ1n) is 5.06. The Morgan fingerprint density at radius 3 is 2.87 bits per heavy atom. The third-order valence-electron chi connectivity index (χ3n) is 2.75. The quantitative estimate of drug-likeness (QED) is 0.869. The van der Waals surface area contributed by atoms with Crippen LogP contribution >= 0.6 is 15.9 Å². The molecule has 1 saturated carbocycles.